The van der Waals surface area contributed by atoms with E-state index in [2.05, 4.69) is 21.8 Å². The number of benzene rings is 2. The second-order valence-electron chi connectivity index (χ2n) is 11.6. The highest BCUT2D eigenvalue weighted by Crippen LogP contribution is 2.43. The summed E-state index contributed by atoms with van der Waals surface area (Å²) in [7, 11) is 4.27. The summed E-state index contributed by atoms with van der Waals surface area (Å²) in [6.07, 6.45) is 1.85. The second-order valence-corrected chi connectivity index (χ2v) is 12.0. The lowest BCUT2D eigenvalue weighted by molar-refractivity contribution is -0.0304. The fourth-order valence-corrected chi connectivity index (χ4v) is 6.59. The molecule has 3 heterocycles. The number of hydrogen-bond acceptors (Lipinski definition) is 9. The second kappa shape index (κ2) is 12.8. The Morgan fingerprint density at radius 1 is 1.11 bits per heavy atom. The molecular weight excluding hydrogens is 612 g/mol. The summed E-state index contributed by atoms with van der Waals surface area (Å²) in [5.74, 6) is -0.213. The summed E-state index contributed by atoms with van der Waals surface area (Å²) < 4.78 is 13.0. The van der Waals surface area contributed by atoms with E-state index in [1.165, 1.54) is 14.1 Å². The first-order valence-electron chi connectivity index (χ1n) is 15.0. The van der Waals surface area contributed by atoms with Crippen molar-refractivity contribution in [3.05, 3.63) is 90.7 Å². The molecule has 1 saturated heterocycles. The van der Waals surface area contributed by atoms with Crippen LogP contribution in [0.5, 0.6) is 5.88 Å². The summed E-state index contributed by atoms with van der Waals surface area (Å²) in [6, 6.07) is 13.1. The van der Waals surface area contributed by atoms with Gasteiger partial charge < -0.3 is 25.2 Å². The van der Waals surface area contributed by atoms with Crippen molar-refractivity contribution in [2.75, 3.05) is 25.6 Å². The number of methoxy groups -OCH3 is 1. The number of ether oxygens (including phenoxy) is 2. The van der Waals surface area contributed by atoms with Gasteiger partial charge in [0.25, 0.3) is 11.5 Å². The van der Waals surface area contributed by atoms with Crippen LogP contribution in [0.3, 0.4) is 0 Å². The van der Waals surface area contributed by atoms with E-state index in [1.54, 1.807) is 19.2 Å². The van der Waals surface area contributed by atoms with Gasteiger partial charge in [-0.15, -0.1) is 0 Å². The minimum Gasteiger partial charge on any atom is -0.481 e. The minimum atomic E-state index is -0.786. The van der Waals surface area contributed by atoms with Crippen molar-refractivity contribution in [1.29, 1.82) is 0 Å². The molecule has 12 nitrogen and oxygen atoms in total. The van der Waals surface area contributed by atoms with Crippen molar-refractivity contribution < 1.29 is 19.4 Å². The molecule has 1 amide bonds. The number of aliphatic hydroxyl groups excluding tert-OH is 1. The van der Waals surface area contributed by atoms with Gasteiger partial charge in [-0.2, -0.15) is 5.10 Å². The smallest absolute Gasteiger partial charge is 0.346 e. The van der Waals surface area contributed by atoms with Gasteiger partial charge in [-0.05, 0) is 55.0 Å². The molecule has 6 rings (SSSR count). The van der Waals surface area contributed by atoms with Crippen LogP contribution in [-0.4, -0.2) is 62.8 Å². The minimum absolute atomic E-state index is 0.00260. The Kier molecular flexibility index (Phi) is 8.80. The number of nitrogens with zero attached hydrogens (tertiary/aromatic N) is 4. The molecule has 2 aromatic carbocycles. The zero-order valence-electron chi connectivity index (χ0n) is 26.0. The number of rotatable bonds is 7. The number of carbonyl (C=O) groups excluding carboxylic acids is 1. The Bertz CT molecular complexity index is 1960. The molecule has 2 aliphatic rings. The van der Waals surface area contributed by atoms with E-state index in [0.717, 1.165) is 61.9 Å². The van der Waals surface area contributed by atoms with Crippen LogP contribution in [0.1, 0.15) is 46.1 Å². The molecule has 1 unspecified atom stereocenters. The molecule has 0 spiro atoms. The van der Waals surface area contributed by atoms with E-state index in [1.807, 2.05) is 31.2 Å². The Hall–Kier alpha value is -4.36. The van der Waals surface area contributed by atoms with Crippen molar-refractivity contribution in [2.45, 2.75) is 44.4 Å². The number of amides is 1. The highest BCUT2D eigenvalue weighted by atomic mass is 35.5. The van der Waals surface area contributed by atoms with Gasteiger partial charge in [0.05, 0.1) is 30.5 Å². The zero-order valence-corrected chi connectivity index (χ0v) is 26.7. The van der Waals surface area contributed by atoms with E-state index in [-0.39, 0.29) is 12.1 Å². The van der Waals surface area contributed by atoms with Gasteiger partial charge >= 0.3 is 5.69 Å². The third-order valence-corrected chi connectivity index (χ3v) is 9.19. The Morgan fingerprint density at radius 2 is 1.85 bits per heavy atom. The molecule has 0 bridgehead atoms. The average molecular weight is 647 g/mol. The largest absolute Gasteiger partial charge is 0.481 e. The van der Waals surface area contributed by atoms with Crippen molar-refractivity contribution in [3.63, 3.8) is 0 Å². The molecule has 1 aliphatic heterocycles. The van der Waals surface area contributed by atoms with E-state index in [0.29, 0.717) is 35.5 Å². The fourth-order valence-electron chi connectivity index (χ4n) is 6.26. The van der Waals surface area contributed by atoms with Gasteiger partial charge in [-0.25, -0.2) is 14.5 Å². The number of hydrogen-bond donors (Lipinski definition) is 3. The third kappa shape index (κ3) is 5.73. The Labute approximate surface area is 270 Å². The van der Waals surface area contributed by atoms with Crippen LogP contribution in [0.4, 0.5) is 5.69 Å². The molecule has 13 heteroatoms. The number of aryl methyl sites for hydroxylation is 2. The highest BCUT2D eigenvalue weighted by Gasteiger charge is 2.33. The first-order chi connectivity index (χ1) is 22.1. The maximum atomic E-state index is 13.1. The molecule has 4 aromatic rings. The topological polar surface area (TPSA) is 150 Å². The molecule has 0 radical (unpaired) electrons. The number of fused-ring (bicyclic) bond motifs is 1. The molecule has 1 fully saturated rings. The number of carbonyl (C=O) groups is 1. The number of halogens is 1. The lowest BCUT2D eigenvalue weighted by Gasteiger charge is -2.31. The maximum absolute atomic E-state index is 13.1. The number of aliphatic hydroxyl groups is 1. The normalized spacial score (nSPS) is 19.1. The van der Waals surface area contributed by atoms with Gasteiger partial charge in [0.15, 0.2) is 0 Å². The quantitative estimate of drug-likeness (QED) is 0.275. The van der Waals surface area contributed by atoms with E-state index in [9.17, 15) is 19.5 Å². The van der Waals surface area contributed by atoms with Crippen LogP contribution in [0, 0.1) is 6.92 Å². The lowest BCUT2D eigenvalue weighted by Crippen LogP contribution is -2.47. The third-order valence-electron chi connectivity index (χ3n) is 8.78. The summed E-state index contributed by atoms with van der Waals surface area (Å²) in [5.41, 5.74) is 4.40. The number of aromatic nitrogens is 4. The van der Waals surface area contributed by atoms with Gasteiger partial charge in [0.2, 0.25) is 11.6 Å². The van der Waals surface area contributed by atoms with Crippen LogP contribution in [0.15, 0.2) is 52.1 Å². The summed E-state index contributed by atoms with van der Waals surface area (Å²) in [6.45, 7) is 2.78. The van der Waals surface area contributed by atoms with Crippen molar-refractivity contribution in [2.24, 2.45) is 14.1 Å². The van der Waals surface area contributed by atoms with Crippen LogP contribution < -0.4 is 26.6 Å². The zero-order chi connectivity index (χ0) is 32.7. The van der Waals surface area contributed by atoms with Crippen LogP contribution in [-0.2, 0) is 25.3 Å². The summed E-state index contributed by atoms with van der Waals surface area (Å²) in [5, 5.41) is 21.1. The van der Waals surface area contributed by atoms with Crippen molar-refractivity contribution in [1.82, 2.24) is 24.6 Å². The van der Waals surface area contributed by atoms with Gasteiger partial charge in [0, 0.05) is 55.2 Å². The summed E-state index contributed by atoms with van der Waals surface area (Å²) >= 11 is 7.09. The lowest BCUT2D eigenvalue weighted by atomic mass is 9.96. The molecule has 46 heavy (non-hydrogen) atoms. The predicted octanol–water partition coefficient (Wildman–Crippen LogP) is 3.16. The SMILES string of the molecule is COc1nc(-c2cccc(-c3cccc(NC(=O)c4nn(C)c(=O)n(C)c4=O)c3C)c2Cl)cc2c1C(N[C@@H]1CCOC[C@H]1O)CC2. The fraction of sp³-hybridized carbons (Fsp3) is 0.364. The average Bonchev–Trinajstić information content (AvgIpc) is 3.46. The van der Waals surface area contributed by atoms with Crippen LogP contribution in [0.25, 0.3) is 22.4 Å². The Balaban J connectivity index is 1.31. The van der Waals surface area contributed by atoms with Crippen molar-refractivity contribution >= 4 is 23.2 Å². The first-order valence-corrected chi connectivity index (χ1v) is 15.4. The molecular formula is C33H35ClN6O6. The van der Waals surface area contributed by atoms with Gasteiger partial charge in [-0.3, -0.25) is 14.2 Å². The maximum Gasteiger partial charge on any atom is 0.346 e. The van der Waals surface area contributed by atoms with Crippen LogP contribution >= 0.6 is 11.6 Å². The predicted molar refractivity (Wildman–Crippen MR) is 174 cm³/mol. The van der Waals surface area contributed by atoms with Crippen LogP contribution in [0.2, 0.25) is 5.02 Å². The standard InChI is InChI=1S/C33H35ClN6O6/c1-17-19(7-6-10-22(17)36-30(42)29-32(43)39(2)33(44)40(3)38-29)20-8-5-9-21(28(20)34)25-15-18-11-12-24(27(18)31(37-25)45-4)35-23-13-14-46-16-26(23)41/h5-10,15,23-24,26,35,41H,11-14,16H2,1-4H3,(H,36,42)/t23-,24?,26-/m1/s1. The highest BCUT2D eigenvalue weighted by molar-refractivity contribution is 6.36. The van der Waals surface area contributed by atoms with E-state index in [4.69, 9.17) is 26.1 Å². The summed E-state index contributed by atoms with van der Waals surface area (Å²) in [4.78, 5) is 42.6. The van der Waals surface area contributed by atoms with E-state index < -0.39 is 29.0 Å². The Morgan fingerprint density at radius 3 is 2.61 bits per heavy atom. The van der Waals surface area contributed by atoms with Crippen molar-refractivity contribution in [3.8, 4) is 28.3 Å². The number of anilines is 1. The molecule has 240 valence electrons. The molecule has 0 saturated carbocycles. The molecule has 3 atom stereocenters. The first kappa shape index (κ1) is 31.6. The van der Waals surface area contributed by atoms with Gasteiger partial charge in [0.1, 0.15) is 0 Å². The molecule has 2 aromatic heterocycles. The number of nitrogens with one attached hydrogen (secondary N) is 2. The monoisotopic (exact) mass is 646 g/mol. The van der Waals surface area contributed by atoms with E-state index >= 15 is 0 Å². The molecule has 1 aliphatic carbocycles. The number of pyridine rings is 1. The molecule has 3 N–H and O–H groups in total. The van der Waals surface area contributed by atoms with Gasteiger partial charge in [-0.1, -0.05) is 41.9 Å².